The molecule has 0 radical (unpaired) electrons. The summed E-state index contributed by atoms with van der Waals surface area (Å²) in [5.74, 6) is -1.77. The predicted octanol–water partition coefficient (Wildman–Crippen LogP) is 5.60. The zero-order valence-electron chi connectivity index (χ0n) is 18.2. The molecule has 1 saturated heterocycles. The summed E-state index contributed by atoms with van der Waals surface area (Å²) in [6.07, 6.45) is 1.30. The average molecular weight is 604 g/mol. The number of amides is 4. The topological polar surface area (TPSA) is 84.9 Å². The first-order chi connectivity index (χ1) is 16.8. The van der Waals surface area contributed by atoms with Crippen LogP contribution in [-0.4, -0.2) is 25.0 Å². The summed E-state index contributed by atoms with van der Waals surface area (Å²) < 4.78 is 27.4. The second-order valence-electron chi connectivity index (χ2n) is 7.34. The van der Waals surface area contributed by atoms with E-state index in [0.29, 0.717) is 22.0 Å². The van der Waals surface area contributed by atoms with Crippen molar-refractivity contribution in [1.82, 2.24) is 5.32 Å². The van der Waals surface area contributed by atoms with Crippen molar-refractivity contribution < 1.29 is 28.2 Å². The fraction of sp³-hybridized carbons (Fsp3) is 0.0800. The van der Waals surface area contributed by atoms with Crippen LogP contribution < -0.4 is 19.7 Å². The third-order valence-corrected chi connectivity index (χ3v) is 6.32. The van der Waals surface area contributed by atoms with Gasteiger partial charge in [-0.2, -0.15) is 0 Å². The minimum atomic E-state index is -1.03. The Kier molecular flexibility index (Phi) is 7.32. The van der Waals surface area contributed by atoms with Crippen molar-refractivity contribution in [3.8, 4) is 11.5 Å². The van der Waals surface area contributed by atoms with E-state index in [1.165, 1.54) is 31.4 Å². The molecule has 1 N–H and O–H groups in total. The fourth-order valence-electron chi connectivity index (χ4n) is 3.36. The van der Waals surface area contributed by atoms with Crippen molar-refractivity contribution >= 4 is 61.5 Å². The van der Waals surface area contributed by atoms with Crippen molar-refractivity contribution in [2.75, 3.05) is 12.0 Å². The Balaban J connectivity index is 1.60. The van der Waals surface area contributed by atoms with Crippen molar-refractivity contribution in [2.24, 2.45) is 0 Å². The van der Waals surface area contributed by atoms with Gasteiger partial charge in [-0.05, 0) is 48.0 Å². The Hall–Kier alpha value is -3.50. The number of hydrogen-bond donors (Lipinski definition) is 1. The summed E-state index contributed by atoms with van der Waals surface area (Å²) in [6.45, 7) is 0.269. The molecule has 1 aliphatic heterocycles. The van der Waals surface area contributed by atoms with E-state index < -0.39 is 23.7 Å². The quantitative estimate of drug-likeness (QED) is 0.293. The first kappa shape index (κ1) is 24.6. The summed E-state index contributed by atoms with van der Waals surface area (Å²) in [5, 5.41) is 2.07. The molecule has 0 aromatic heterocycles. The summed E-state index contributed by atoms with van der Waals surface area (Å²) in [7, 11) is 1.46. The molecular weight excluding hydrogens is 587 g/mol. The summed E-state index contributed by atoms with van der Waals surface area (Å²) >= 11 is 6.90. The molecule has 3 aromatic carbocycles. The third kappa shape index (κ3) is 5.28. The van der Waals surface area contributed by atoms with Crippen LogP contribution in [0, 0.1) is 5.82 Å². The maximum absolute atomic E-state index is 14.2. The van der Waals surface area contributed by atoms with Crippen LogP contribution >= 0.6 is 31.9 Å². The van der Waals surface area contributed by atoms with Gasteiger partial charge in [0.25, 0.3) is 11.8 Å². The van der Waals surface area contributed by atoms with E-state index in [1.54, 1.807) is 18.2 Å². The minimum Gasteiger partial charge on any atom is -0.493 e. The Morgan fingerprint density at radius 1 is 1.00 bits per heavy atom. The van der Waals surface area contributed by atoms with Crippen LogP contribution in [0.15, 0.2) is 75.2 Å². The fourth-order valence-corrected chi connectivity index (χ4v) is 4.52. The number of anilines is 1. The maximum atomic E-state index is 14.2. The van der Waals surface area contributed by atoms with E-state index in [4.69, 9.17) is 9.47 Å². The highest BCUT2D eigenvalue weighted by Crippen LogP contribution is 2.32. The zero-order valence-corrected chi connectivity index (χ0v) is 21.4. The smallest absolute Gasteiger partial charge is 0.336 e. The summed E-state index contributed by atoms with van der Waals surface area (Å²) in [4.78, 5) is 38.3. The third-order valence-electron chi connectivity index (χ3n) is 5.09. The summed E-state index contributed by atoms with van der Waals surface area (Å²) in [5.41, 5.74) is 0.778. The van der Waals surface area contributed by atoms with Gasteiger partial charge in [0.15, 0.2) is 11.5 Å². The molecule has 178 valence electrons. The second-order valence-corrected chi connectivity index (χ2v) is 9.11. The Bertz CT molecular complexity index is 1380. The number of imide groups is 2. The molecular formula is C25H17Br2FN2O5. The van der Waals surface area contributed by atoms with Crippen molar-refractivity contribution in [2.45, 2.75) is 6.61 Å². The van der Waals surface area contributed by atoms with Crippen molar-refractivity contribution in [3.05, 3.63) is 92.1 Å². The summed E-state index contributed by atoms with van der Waals surface area (Å²) in [6, 6.07) is 14.9. The maximum Gasteiger partial charge on any atom is 0.336 e. The molecule has 35 heavy (non-hydrogen) atoms. The number of halogens is 3. The molecule has 0 saturated carbocycles. The van der Waals surface area contributed by atoms with E-state index >= 15 is 0 Å². The van der Waals surface area contributed by atoms with Gasteiger partial charge < -0.3 is 9.47 Å². The zero-order chi connectivity index (χ0) is 25.1. The highest BCUT2D eigenvalue weighted by Gasteiger charge is 2.38. The molecule has 7 nitrogen and oxygen atoms in total. The molecule has 4 amide bonds. The van der Waals surface area contributed by atoms with Crippen molar-refractivity contribution in [1.29, 1.82) is 0 Å². The average Bonchev–Trinajstić information content (AvgIpc) is 2.82. The highest BCUT2D eigenvalue weighted by atomic mass is 79.9. The van der Waals surface area contributed by atoms with Gasteiger partial charge in [-0.1, -0.05) is 56.1 Å². The van der Waals surface area contributed by atoms with E-state index in [2.05, 4.69) is 37.2 Å². The van der Waals surface area contributed by atoms with E-state index in [1.807, 2.05) is 18.2 Å². The van der Waals surface area contributed by atoms with Gasteiger partial charge in [0.05, 0.1) is 12.8 Å². The van der Waals surface area contributed by atoms with Gasteiger partial charge in [0, 0.05) is 14.5 Å². The number of barbiturate groups is 1. The number of urea groups is 1. The lowest BCUT2D eigenvalue weighted by Gasteiger charge is -2.26. The molecule has 3 aromatic rings. The SMILES string of the molecule is COc1cc(/C=C2\C(=O)NC(=O)N(c3ccccc3F)C2=O)ccc1OCc1ccc(Br)cc1Br. The molecule has 0 unspecified atom stereocenters. The monoisotopic (exact) mass is 602 g/mol. The van der Waals surface area contributed by atoms with Crippen LogP contribution in [0.1, 0.15) is 11.1 Å². The number of carbonyl (C=O) groups excluding carboxylic acids is 3. The first-order valence-electron chi connectivity index (χ1n) is 10.2. The number of para-hydroxylation sites is 1. The van der Waals surface area contributed by atoms with Crippen LogP contribution in [0.3, 0.4) is 0 Å². The van der Waals surface area contributed by atoms with Crippen LogP contribution in [0.5, 0.6) is 11.5 Å². The number of carbonyl (C=O) groups is 3. The Morgan fingerprint density at radius 3 is 2.49 bits per heavy atom. The first-order valence-corrected chi connectivity index (χ1v) is 11.8. The van der Waals surface area contributed by atoms with Crippen LogP contribution in [0.25, 0.3) is 6.08 Å². The molecule has 0 aliphatic carbocycles. The normalized spacial score (nSPS) is 14.8. The largest absolute Gasteiger partial charge is 0.493 e. The van der Waals surface area contributed by atoms with Crippen LogP contribution in [0.2, 0.25) is 0 Å². The number of methoxy groups -OCH3 is 1. The molecule has 0 spiro atoms. The number of nitrogens with zero attached hydrogens (tertiary/aromatic N) is 1. The van der Waals surface area contributed by atoms with Gasteiger partial charge in [-0.3, -0.25) is 14.9 Å². The number of hydrogen-bond acceptors (Lipinski definition) is 5. The standard InChI is InChI=1S/C25H17Br2FN2O5/c1-34-22-11-14(6-9-21(22)35-13-15-7-8-16(26)12-18(15)27)10-17-23(31)29-25(33)30(24(17)32)20-5-3-2-4-19(20)28/h2-12H,13H2,1H3,(H,29,31,33)/b17-10+. The number of nitrogens with one attached hydrogen (secondary N) is 1. The van der Waals surface area contributed by atoms with Gasteiger partial charge in [0.2, 0.25) is 0 Å². The van der Waals surface area contributed by atoms with Crippen molar-refractivity contribution in [3.63, 3.8) is 0 Å². The Morgan fingerprint density at radius 2 is 1.77 bits per heavy atom. The number of rotatable bonds is 6. The molecule has 4 rings (SSSR count). The lowest BCUT2D eigenvalue weighted by Crippen LogP contribution is -2.54. The Labute approximate surface area is 216 Å². The number of benzene rings is 3. The predicted molar refractivity (Wildman–Crippen MR) is 135 cm³/mol. The minimum absolute atomic E-state index is 0.256. The van der Waals surface area contributed by atoms with Gasteiger partial charge in [-0.25, -0.2) is 14.1 Å². The van der Waals surface area contributed by atoms with E-state index in [0.717, 1.165) is 20.6 Å². The van der Waals surface area contributed by atoms with E-state index in [9.17, 15) is 18.8 Å². The molecule has 0 atom stereocenters. The van der Waals surface area contributed by atoms with Crippen LogP contribution in [-0.2, 0) is 16.2 Å². The lowest BCUT2D eigenvalue weighted by molar-refractivity contribution is -0.122. The highest BCUT2D eigenvalue weighted by molar-refractivity contribution is 9.11. The van der Waals surface area contributed by atoms with Gasteiger partial charge in [0.1, 0.15) is 18.0 Å². The molecule has 10 heteroatoms. The van der Waals surface area contributed by atoms with Crippen LogP contribution in [0.4, 0.5) is 14.9 Å². The molecule has 1 heterocycles. The van der Waals surface area contributed by atoms with Gasteiger partial charge >= 0.3 is 6.03 Å². The molecule has 1 fully saturated rings. The molecule has 0 bridgehead atoms. The molecule has 1 aliphatic rings. The number of ether oxygens (including phenoxy) is 2. The van der Waals surface area contributed by atoms with E-state index in [-0.39, 0.29) is 17.9 Å². The van der Waals surface area contributed by atoms with Gasteiger partial charge in [-0.15, -0.1) is 0 Å². The second kappa shape index (κ2) is 10.4. The lowest BCUT2D eigenvalue weighted by atomic mass is 10.1.